The lowest BCUT2D eigenvalue weighted by Gasteiger charge is -2.35. The van der Waals surface area contributed by atoms with E-state index in [4.69, 9.17) is 37.9 Å². The van der Waals surface area contributed by atoms with Crippen LogP contribution in [0.3, 0.4) is 0 Å². The zero-order valence-electron chi connectivity index (χ0n) is 70.9. The molecule has 119 heavy (non-hydrogen) atoms. The van der Waals surface area contributed by atoms with Gasteiger partial charge < -0.3 is 43.0 Å². The summed E-state index contributed by atoms with van der Waals surface area (Å²) in [5.41, 5.74) is 9.60. The van der Waals surface area contributed by atoms with E-state index < -0.39 is 55.0 Å². The van der Waals surface area contributed by atoms with Crippen LogP contribution >= 0.6 is 0 Å². The van der Waals surface area contributed by atoms with Gasteiger partial charge in [0.15, 0.2) is 18.9 Å². The Kier molecular flexibility index (Phi) is 34.1. The summed E-state index contributed by atoms with van der Waals surface area (Å²) in [5, 5.41) is 10.3. The molecule has 5 aromatic carbocycles. The minimum Gasteiger partial charge on any atom is -0.393 e. The van der Waals surface area contributed by atoms with Crippen molar-refractivity contribution in [3.05, 3.63) is 214 Å². The molecule has 0 aliphatic carbocycles. The molecule has 24 nitrogen and oxygen atoms in total. The maximum absolute atomic E-state index is 13.8. The summed E-state index contributed by atoms with van der Waals surface area (Å²) in [7, 11) is -6.59. The number of rotatable bonds is 31. The number of halogens is 3. The van der Waals surface area contributed by atoms with E-state index in [-0.39, 0.29) is 95.8 Å². The Balaban J connectivity index is 0.000000204. The predicted octanol–water partition coefficient (Wildman–Crippen LogP) is 16.8. The minimum atomic E-state index is -3.61. The van der Waals surface area contributed by atoms with E-state index in [0.717, 1.165) is 49.2 Å². The molecule has 6 heterocycles. The molecule has 3 aliphatic heterocycles. The molecule has 1 N–H and O–H groups in total. The van der Waals surface area contributed by atoms with Gasteiger partial charge in [-0.2, -0.15) is 0 Å². The van der Waals surface area contributed by atoms with Crippen LogP contribution in [-0.2, 0) is 81.2 Å². The summed E-state index contributed by atoms with van der Waals surface area (Å²) in [6, 6.07) is 37.8. The standard InChI is InChI=1S/2C32H40FN3O5S.C25H34FN3O5S/c2*1-21(2)30-28(31(24-12-14-25(33)15-13-24)35-32(34-30)36(5)42(6,37)38)17-16-26-18-27(19-29(41-26)40-22(3)4)39-20-23-10-8-7-9-11-23;1-6-13-33-22-15-19(30)14-20(34-22)11-12-21-23(16(2)3)27-25(29(4)35(5,31)32)28-24(21)17-7-9-18(26)10-8-17/h2*7-17,21-22,26-27,29H,18-20H2,1-6H3;7-12,16,19-20,22,30H,6,13-15H2,1-5H3/b2*17-16+;12-11+/t2*26-,27-,29?;19-,20-,22?/m111/s1. The smallest absolute Gasteiger partial charge is 0.239 e. The van der Waals surface area contributed by atoms with Gasteiger partial charge in [0, 0.05) is 99.7 Å². The first kappa shape index (κ1) is 94.1. The van der Waals surface area contributed by atoms with Crippen LogP contribution in [0.2, 0.25) is 0 Å². The number of benzene rings is 5. The first-order valence-electron chi connectivity index (χ1n) is 40.1. The second kappa shape index (κ2) is 43.1. The Morgan fingerprint density at radius 3 is 1.01 bits per heavy atom. The van der Waals surface area contributed by atoms with Gasteiger partial charge in [0.25, 0.3) is 0 Å². The topological polar surface area (TPSA) is 284 Å². The molecule has 644 valence electrons. The lowest BCUT2D eigenvalue weighted by molar-refractivity contribution is -0.225. The fraction of sp³-hybridized carbons (Fsp3) is 0.461. The van der Waals surface area contributed by atoms with E-state index in [9.17, 15) is 43.5 Å². The summed E-state index contributed by atoms with van der Waals surface area (Å²) < 4.78 is 167. The maximum Gasteiger partial charge on any atom is 0.239 e. The van der Waals surface area contributed by atoms with Gasteiger partial charge in [-0.25, -0.2) is 81.2 Å². The zero-order chi connectivity index (χ0) is 86.6. The summed E-state index contributed by atoms with van der Waals surface area (Å²) in [4.78, 5) is 27.8. The molecule has 30 heteroatoms. The Morgan fingerprint density at radius 1 is 0.420 bits per heavy atom. The third kappa shape index (κ3) is 27.9. The molecule has 0 radical (unpaired) electrons. The molecule has 0 spiro atoms. The number of aromatic nitrogens is 6. The second-order valence-corrected chi connectivity index (χ2v) is 37.3. The van der Waals surface area contributed by atoms with E-state index in [1.165, 1.54) is 57.5 Å². The van der Waals surface area contributed by atoms with Crippen molar-refractivity contribution in [3.63, 3.8) is 0 Å². The largest absolute Gasteiger partial charge is 0.393 e. The average Bonchev–Trinajstić information content (AvgIpc) is 0.784. The molecule has 3 unspecified atom stereocenters. The maximum atomic E-state index is 13.8. The van der Waals surface area contributed by atoms with Crippen LogP contribution in [0, 0.1) is 17.5 Å². The van der Waals surface area contributed by atoms with Gasteiger partial charge in [0.05, 0.1) is 115 Å². The molecule has 3 fully saturated rings. The Morgan fingerprint density at radius 2 is 0.723 bits per heavy atom. The lowest BCUT2D eigenvalue weighted by atomic mass is 9.96. The quantitative estimate of drug-likeness (QED) is 0.0422. The van der Waals surface area contributed by atoms with E-state index in [2.05, 4.69) is 29.9 Å². The van der Waals surface area contributed by atoms with E-state index in [0.29, 0.717) is 126 Å². The Hall–Kier alpha value is -8.76. The third-order valence-corrected chi connectivity index (χ3v) is 23.0. The summed E-state index contributed by atoms with van der Waals surface area (Å²) in [6.45, 7) is 23.2. The van der Waals surface area contributed by atoms with Crippen LogP contribution in [-0.4, -0.2) is 174 Å². The fourth-order valence-electron chi connectivity index (χ4n) is 13.2. The van der Waals surface area contributed by atoms with Crippen molar-refractivity contribution in [1.29, 1.82) is 0 Å². The van der Waals surface area contributed by atoms with Crippen molar-refractivity contribution < 1.29 is 81.4 Å². The van der Waals surface area contributed by atoms with Crippen molar-refractivity contribution in [2.75, 3.05) is 59.4 Å². The summed E-state index contributed by atoms with van der Waals surface area (Å²) in [6.07, 6.45) is 15.7. The van der Waals surface area contributed by atoms with Gasteiger partial charge in [-0.15, -0.1) is 0 Å². The second-order valence-electron chi connectivity index (χ2n) is 31.2. The highest BCUT2D eigenvalue weighted by Crippen LogP contribution is 2.38. The first-order valence-corrected chi connectivity index (χ1v) is 45.6. The monoisotopic (exact) mass is 1700 g/mol. The van der Waals surface area contributed by atoms with Crippen LogP contribution in [0.15, 0.2) is 152 Å². The Bertz CT molecular complexity index is 4840. The fourth-order valence-corrected chi connectivity index (χ4v) is 14.3. The van der Waals surface area contributed by atoms with Crippen molar-refractivity contribution in [2.45, 2.75) is 220 Å². The van der Waals surface area contributed by atoms with Gasteiger partial charge in [0.1, 0.15) is 17.5 Å². The van der Waals surface area contributed by atoms with Crippen molar-refractivity contribution in [1.82, 2.24) is 29.9 Å². The normalized spacial score (nSPS) is 20.0. The van der Waals surface area contributed by atoms with Crippen LogP contribution in [0.4, 0.5) is 31.0 Å². The number of hydrogen-bond acceptors (Lipinski definition) is 21. The number of sulfonamides is 3. The molecule has 3 aromatic heterocycles. The molecular formula is C89H114F3N9O15S3. The molecule has 0 bridgehead atoms. The van der Waals surface area contributed by atoms with Gasteiger partial charge in [0.2, 0.25) is 47.9 Å². The van der Waals surface area contributed by atoms with Crippen LogP contribution < -0.4 is 12.9 Å². The first-order chi connectivity index (χ1) is 56.3. The van der Waals surface area contributed by atoms with Gasteiger partial charge in [-0.1, -0.05) is 146 Å². The van der Waals surface area contributed by atoms with Crippen molar-refractivity contribution >= 4 is 66.1 Å². The number of ether oxygens (including phenoxy) is 8. The average molecular weight is 1700 g/mol. The number of nitrogens with zero attached hydrogens (tertiary/aromatic N) is 9. The molecule has 0 saturated carbocycles. The molecular weight excluding hydrogens is 1590 g/mol. The predicted molar refractivity (Wildman–Crippen MR) is 460 cm³/mol. The highest BCUT2D eigenvalue weighted by Gasteiger charge is 2.35. The highest BCUT2D eigenvalue weighted by atomic mass is 32.2. The third-order valence-electron chi connectivity index (χ3n) is 19.5. The molecule has 3 aliphatic rings. The van der Waals surface area contributed by atoms with Gasteiger partial charge in [-0.3, -0.25) is 0 Å². The van der Waals surface area contributed by atoms with Crippen molar-refractivity contribution in [2.24, 2.45) is 0 Å². The zero-order valence-corrected chi connectivity index (χ0v) is 73.3. The summed E-state index contributed by atoms with van der Waals surface area (Å²) >= 11 is 0. The SMILES string of the molecule is CC(C)OC1C[C@H](OCc2ccccc2)C[C@@H](/C=C/c2c(-c3ccc(F)cc3)nc(N(C)S(C)(=O)=O)nc2C(C)C)O1.CC(C)OC1C[C@H](OCc2ccccc2)C[C@@H](/C=C/c2c(-c3ccc(F)cc3)nc(N(C)S(C)(=O)=O)nc2C(C)C)O1.CCCOC1C[C@H](O)C[C@@H](/C=C/c2c(-c3ccc(F)cc3)nc(N(C)S(C)(=O)=O)nc2C(C)C)O1. The number of aliphatic hydroxyl groups excluding tert-OH is 1. The molecule has 3 saturated heterocycles. The molecule has 0 amide bonds. The van der Waals surface area contributed by atoms with Gasteiger partial charge in [-0.05, 0) is 136 Å². The van der Waals surface area contributed by atoms with Crippen molar-refractivity contribution in [3.8, 4) is 33.8 Å². The minimum absolute atomic E-state index is 0.0158. The van der Waals surface area contributed by atoms with E-state index in [1.54, 1.807) is 36.4 Å². The van der Waals surface area contributed by atoms with Crippen LogP contribution in [0.25, 0.3) is 52.0 Å². The van der Waals surface area contributed by atoms with Crippen LogP contribution in [0.5, 0.6) is 0 Å². The highest BCUT2D eigenvalue weighted by molar-refractivity contribution is 7.92. The summed E-state index contributed by atoms with van der Waals surface area (Å²) in [5.74, 6) is -1.22. The molecule has 8 aromatic rings. The lowest BCUT2D eigenvalue weighted by Crippen LogP contribution is -2.38. The molecule has 11 rings (SSSR count). The molecule has 9 atom stereocenters. The van der Waals surface area contributed by atoms with E-state index >= 15 is 0 Å². The number of hydrogen-bond donors (Lipinski definition) is 1. The Labute approximate surface area is 700 Å². The number of aliphatic hydroxyl groups is 1. The number of anilines is 3. The van der Waals surface area contributed by atoms with Gasteiger partial charge >= 0.3 is 0 Å². The van der Waals surface area contributed by atoms with E-state index in [1.807, 2.05) is 173 Å². The van der Waals surface area contributed by atoms with Crippen LogP contribution in [0.1, 0.15) is 184 Å².